The van der Waals surface area contributed by atoms with Crippen molar-refractivity contribution in [3.63, 3.8) is 0 Å². The van der Waals surface area contributed by atoms with Crippen molar-refractivity contribution in [2.45, 2.75) is 52.0 Å². The van der Waals surface area contributed by atoms with Gasteiger partial charge in [-0.2, -0.15) is 0 Å². The van der Waals surface area contributed by atoms with Crippen molar-refractivity contribution in [2.24, 2.45) is 5.41 Å². The molecule has 9 heteroatoms. The van der Waals surface area contributed by atoms with E-state index in [9.17, 15) is 14.7 Å². The minimum Gasteiger partial charge on any atom is -0.376 e. The summed E-state index contributed by atoms with van der Waals surface area (Å²) in [6.07, 6.45) is 0.902. The number of aromatic nitrogens is 2. The molecule has 2 atom stereocenters. The first kappa shape index (κ1) is 21.7. The van der Waals surface area contributed by atoms with Gasteiger partial charge in [0.05, 0.1) is 18.8 Å². The first-order valence-electron chi connectivity index (χ1n) is 10.2. The molecule has 1 saturated carbocycles. The molecule has 2 amide bonds. The van der Waals surface area contributed by atoms with E-state index in [1.165, 1.54) is 4.90 Å². The zero-order chi connectivity index (χ0) is 22.3. The average Bonchev–Trinajstić information content (AvgIpc) is 3.51. The summed E-state index contributed by atoms with van der Waals surface area (Å²) < 4.78 is 5.91. The highest BCUT2D eigenvalue weighted by Crippen LogP contribution is 2.41. The Morgan fingerprint density at radius 2 is 2.03 bits per heavy atom. The summed E-state index contributed by atoms with van der Waals surface area (Å²) in [5, 5.41) is 21.7. The number of amides is 2. The van der Waals surface area contributed by atoms with Crippen LogP contribution in [0.3, 0.4) is 0 Å². The van der Waals surface area contributed by atoms with Gasteiger partial charge in [0.1, 0.15) is 0 Å². The van der Waals surface area contributed by atoms with Gasteiger partial charge < -0.3 is 15.2 Å². The quantitative estimate of drug-likeness (QED) is 0.706. The number of carbonyl (C=O) groups excluding carboxylic acids is 2. The van der Waals surface area contributed by atoms with Crippen LogP contribution in [0.15, 0.2) is 30.3 Å². The Kier molecular flexibility index (Phi) is 5.72. The molecule has 0 spiro atoms. The third-order valence-electron chi connectivity index (χ3n) is 5.38. The Bertz CT molecular complexity index is 1020. The standard InChI is InChI=1S/C22H25ClN4O4/c1-22(2,3)21(30)24-17-10-15(18(23)26-25-17)16(11-31-12-8-9-12)27-19(28)13-6-4-5-7-14(13)20(27)29/h4-7,10,12,16,19,28H,8-9,11H2,1-3H3,(H,24,25,30)/t16-,19?/m1/s1. The number of fused-ring (bicyclic) bond motifs is 1. The second-order valence-electron chi connectivity index (χ2n) is 8.90. The zero-order valence-electron chi connectivity index (χ0n) is 17.6. The van der Waals surface area contributed by atoms with E-state index in [2.05, 4.69) is 15.5 Å². The van der Waals surface area contributed by atoms with E-state index in [-0.39, 0.29) is 35.5 Å². The third kappa shape index (κ3) is 4.42. The summed E-state index contributed by atoms with van der Waals surface area (Å²) >= 11 is 6.37. The van der Waals surface area contributed by atoms with Crippen molar-refractivity contribution in [1.29, 1.82) is 0 Å². The van der Waals surface area contributed by atoms with Crippen LogP contribution in [0.4, 0.5) is 5.82 Å². The molecule has 1 aliphatic carbocycles. The molecular weight excluding hydrogens is 420 g/mol. The summed E-state index contributed by atoms with van der Waals surface area (Å²) in [4.78, 5) is 26.9. The summed E-state index contributed by atoms with van der Waals surface area (Å²) in [6, 6.07) is 7.81. The largest absolute Gasteiger partial charge is 0.376 e. The minimum absolute atomic E-state index is 0.0779. The van der Waals surface area contributed by atoms with Crippen molar-refractivity contribution in [3.8, 4) is 0 Å². The molecule has 164 valence electrons. The van der Waals surface area contributed by atoms with Crippen LogP contribution >= 0.6 is 11.6 Å². The fourth-order valence-electron chi connectivity index (χ4n) is 3.40. The molecule has 1 aromatic heterocycles. The van der Waals surface area contributed by atoms with Gasteiger partial charge in [-0.1, -0.05) is 50.6 Å². The number of anilines is 1. The van der Waals surface area contributed by atoms with Gasteiger partial charge >= 0.3 is 0 Å². The summed E-state index contributed by atoms with van der Waals surface area (Å²) in [6.45, 7) is 5.50. The van der Waals surface area contributed by atoms with Gasteiger partial charge in [0.25, 0.3) is 5.91 Å². The number of benzene rings is 1. The molecule has 2 aromatic rings. The number of ether oxygens (including phenoxy) is 1. The lowest BCUT2D eigenvalue weighted by Gasteiger charge is -2.31. The number of nitrogens with one attached hydrogen (secondary N) is 1. The second kappa shape index (κ2) is 8.18. The van der Waals surface area contributed by atoms with Crippen LogP contribution in [-0.2, 0) is 9.53 Å². The number of halogens is 1. The molecule has 1 unspecified atom stereocenters. The molecule has 31 heavy (non-hydrogen) atoms. The fourth-order valence-corrected chi connectivity index (χ4v) is 3.62. The molecule has 1 aromatic carbocycles. The number of nitrogens with zero attached hydrogens (tertiary/aromatic N) is 3. The van der Waals surface area contributed by atoms with Crippen LogP contribution in [0.2, 0.25) is 5.15 Å². The van der Waals surface area contributed by atoms with E-state index < -0.39 is 17.7 Å². The van der Waals surface area contributed by atoms with E-state index in [0.717, 1.165) is 12.8 Å². The molecule has 0 radical (unpaired) electrons. The third-order valence-corrected chi connectivity index (χ3v) is 5.67. The van der Waals surface area contributed by atoms with Gasteiger partial charge in [0, 0.05) is 22.1 Å². The normalized spacial score (nSPS) is 19.3. The molecule has 2 heterocycles. The van der Waals surface area contributed by atoms with E-state index in [1.807, 2.05) is 0 Å². The molecule has 1 fully saturated rings. The van der Waals surface area contributed by atoms with Crippen molar-refractivity contribution in [2.75, 3.05) is 11.9 Å². The Labute approximate surface area is 185 Å². The number of rotatable bonds is 6. The van der Waals surface area contributed by atoms with E-state index in [4.69, 9.17) is 16.3 Å². The lowest BCUT2D eigenvalue weighted by molar-refractivity contribution is -0.123. The topological polar surface area (TPSA) is 105 Å². The van der Waals surface area contributed by atoms with Gasteiger partial charge in [-0.15, -0.1) is 10.2 Å². The maximum Gasteiger partial charge on any atom is 0.257 e. The highest BCUT2D eigenvalue weighted by atomic mass is 35.5. The summed E-state index contributed by atoms with van der Waals surface area (Å²) in [7, 11) is 0. The Morgan fingerprint density at radius 3 is 2.68 bits per heavy atom. The summed E-state index contributed by atoms with van der Waals surface area (Å²) in [5.41, 5.74) is 0.787. The molecule has 2 aliphatic rings. The van der Waals surface area contributed by atoms with Gasteiger partial charge in [-0.3, -0.25) is 14.5 Å². The van der Waals surface area contributed by atoms with Gasteiger partial charge in [-0.25, -0.2) is 0 Å². The minimum atomic E-state index is -1.15. The summed E-state index contributed by atoms with van der Waals surface area (Å²) in [5.74, 6) is -0.333. The van der Waals surface area contributed by atoms with E-state index in [1.54, 1.807) is 51.1 Å². The van der Waals surface area contributed by atoms with Gasteiger partial charge in [-0.05, 0) is 25.0 Å². The lowest BCUT2D eigenvalue weighted by atomic mass is 9.96. The number of hydrogen-bond acceptors (Lipinski definition) is 6. The molecule has 1 aliphatic heterocycles. The van der Waals surface area contributed by atoms with E-state index in [0.29, 0.717) is 16.7 Å². The molecular formula is C22H25ClN4O4. The van der Waals surface area contributed by atoms with Gasteiger partial charge in [0.2, 0.25) is 5.91 Å². The average molecular weight is 445 g/mol. The van der Waals surface area contributed by atoms with Crippen LogP contribution < -0.4 is 5.32 Å². The smallest absolute Gasteiger partial charge is 0.257 e. The van der Waals surface area contributed by atoms with Crippen LogP contribution in [-0.4, -0.2) is 44.7 Å². The van der Waals surface area contributed by atoms with Crippen LogP contribution in [0.1, 0.15) is 67.4 Å². The van der Waals surface area contributed by atoms with Crippen molar-refractivity contribution in [1.82, 2.24) is 15.1 Å². The van der Waals surface area contributed by atoms with E-state index >= 15 is 0 Å². The Morgan fingerprint density at radius 1 is 1.32 bits per heavy atom. The number of hydrogen-bond donors (Lipinski definition) is 2. The fraction of sp³-hybridized carbons (Fsp3) is 0.455. The monoisotopic (exact) mass is 444 g/mol. The second-order valence-corrected chi connectivity index (χ2v) is 9.26. The molecule has 0 bridgehead atoms. The molecule has 2 N–H and O–H groups in total. The number of aliphatic hydroxyl groups is 1. The lowest BCUT2D eigenvalue weighted by Crippen LogP contribution is -2.36. The predicted octanol–water partition coefficient (Wildman–Crippen LogP) is 3.48. The first-order chi connectivity index (χ1) is 14.7. The van der Waals surface area contributed by atoms with Crippen LogP contribution in [0.5, 0.6) is 0 Å². The highest BCUT2D eigenvalue weighted by Gasteiger charge is 2.42. The number of aliphatic hydroxyl groups excluding tert-OH is 1. The Balaban J connectivity index is 1.69. The maximum absolute atomic E-state index is 13.1. The number of carbonyl (C=O) groups is 2. The Hall–Kier alpha value is -2.55. The zero-order valence-corrected chi connectivity index (χ0v) is 18.4. The SMILES string of the molecule is CC(C)(C)C(=O)Nc1cc([C@@H](COC2CC2)N2C(=O)c3ccccc3C2O)c(Cl)nn1. The van der Waals surface area contributed by atoms with Gasteiger partial charge in [0.15, 0.2) is 17.2 Å². The van der Waals surface area contributed by atoms with Crippen molar-refractivity contribution < 1.29 is 19.4 Å². The first-order valence-corrected chi connectivity index (χ1v) is 10.6. The molecule has 8 nitrogen and oxygen atoms in total. The van der Waals surface area contributed by atoms with Crippen molar-refractivity contribution in [3.05, 3.63) is 52.2 Å². The molecule has 4 rings (SSSR count). The highest BCUT2D eigenvalue weighted by molar-refractivity contribution is 6.30. The van der Waals surface area contributed by atoms with Crippen LogP contribution in [0.25, 0.3) is 0 Å². The maximum atomic E-state index is 13.1. The van der Waals surface area contributed by atoms with Crippen molar-refractivity contribution >= 4 is 29.2 Å². The predicted molar refractivity (Wildman–Crippen MR) is 114 cm³/mol. The van der Waals surface area contributed by atoms with Crippen LogP contribution in [0, 0.1) is 5.41 Å². The molecule has 0 saturated heterocycles.